The van der Waals surface area contributed by atoms with Gasteiger partial charge in [0, 0.05) is 11.3 Å². The summed E-state index contributed by atoms with van der Waals surface area (Å²) in [4.78, 5) is 0. The second-order valence-electron chi connectivity index (χ2n) is 5.09. The van der Waals surface area contributed by atoms with E-state index in [0.717, 1.165) is 17.1 Å². The molecule has 0 amide bonds. The third-order valence-corrected chi connectivity index (χ3v) is 4.12. The molecule has 1 aromatic heterocycles. The van der Waals surface area contributed by atoms with Gasteiger partial charge in [-0.15, -0.1) is 10.2 Å². The molecule has 24 heavy (non-hydrogen) atoms. The second-order valence-corrected chi connectivity index (χ2v) is 6.13. The molecule has 5 nitrogen and oxygen atoms in total. The molecule has 0 saturated carbocycles. The SMILES string of the molecule is COc1ccccc1OCCSc1nnc(-c2ccc(C)cc2)o1. The van der Waals surface area contributed by atoms with Crippen LogP contribution in [0.15, 0.2) is 58.2 Å². The zero-order chi connectivity index (χ0) is 16.8. The minimum atomic E-state index is 0.521. The van der Waals surface area contributed by atoms with E-state index in [-0.39, 0.29) is 0 Å². The Morgan fingerprint density at radius 3 is 2.50 bits per heavy atom. The average molecular weight is 342 g/mol. The summed E-state index contributed by atoms with van der Waals surface area (Å²) in [7, 11) is 1.63. The minimum Gasteiger partial charge on any atom is -0.493 e. The molecule has 0 bridgehead atoms. The quantitative estimate of drug-likeness (QED) is 0.473. The molecule has 1 heterocycles. The van der Waals surface area contributed by atoms with Crippen molar-refractivity contribution in [3.8, 4) is 23.0 Å². The number of methoxy groups -OCH3 is 1. The number of benzene rings is 2. The number of ether oxygens (including phenoxy) is 2. The van der Waals surface area contributed by atoms with Gasteiger partial charge in [0.1, 0.15) is 0 Å². The highest BCUT2D eigenvalue weighted by Crippen LogP contribution is 2.27. The Balaban J connectivity index is 1.52. The molecule has 0 N–H and O–H groups in total. The summed E-state index contributed by atoms with van der Waals surface area (Å²) in [6, 6.07) is 15.6. The van der Waals surface area contributed by atoms with Crippen molar-refractivity contribution < 1.29 is 13.9 Å². The molecule has 0 aliphatic heterocycles. The number of aromatic nitrogens is 2. The Morgan fingerprint density at radius 1 is 1.00 bits per heavy atom. The molecule has 0 spiro atoms. The van der Waals surface area contributed by atoms with Crippen LogP contribution in [0.5, 0.6) is 11.5 Å². The molecule has 0 unspecified atom stereocenters. The zero-order valence-corrected chi connectivity index (χ0v) is 14.4. The molecule has 0 radical (unpaired) electrons. The van der Waals surface area contributed by atoms with E-state index in [1.165, 1.54) is 17.3 Å². The highest BCUT2D eigenvalue weighted by molar-refractivity contribution is 7.99. The summed E-state index contributed by atoms with van der Waals surface area (Å²) in [5.41, 5.74) is 2.12. The third-order valence-electron chi connectivity index (χ3n) is 3.34. The van der Waals surface area contributed by atoms with Crippen LogP contribution in [-0.2, 0) is 0 Å². The number of hydrogen-bond acceptors (Lipinski definition) is 6. The largest absolute Gasteiger partial charge is 0.493 e. The lowest BCUT2D eigenvalue weighted by Crippen LogP contribution is -2.01. The number of rotatable bonds is 7. The minimum absolute atomic E-state index is 0.521. The predicted molar refractivity (Wildman–Crippen MR) is 93.7 cm³/mol. The summed E-state index contributed by atoms with van der Waals surface area (Å²) >= 11 is 1.47. The fourth-order valence-corrected chi connectivity index (χ4v) is 2.68. The van der Waals surface area contributed by atoms with Gasteiger partial charge < -0.3 is 13.9 Å². The maximum absolute atomic E-state index is 5.72. The van der Waals surface area contributed by atoms with Crippen LogP contribution in [0.2, 0.25) is 0 Å². The molecule has 0 fully saturated rings. The van der Waals surface area contributed by atoms with Crippen molar-refractivity contribution in [3.05, 3.63) is 54.1 Å². The predicted octanol–water partition coefficient (Wildman–Crippen LogP) is 4.22. The van der Waals surface area contributed by atoms with Crippen LogP contribution in [0.1, 0.15) is 5.56 Å². The van der Waals surface area contributed by atoms with E-state index in [0.29, 0.717) is 23.5 Å². The number of nitrogens with zero attached hydrogens (tertiary/aromatic N) is 2. The van der Waals surface area contributed by atoms with Gasteiger partial charge >= 0.3 is 0 Å². The summed E-state index contributed by atoms with van der Waals surface area (Å²) in [6.45, 7) is 2.56. The van der Waals surface area contributed by atoms with E-state index in [2.05, 4.69) is 10.2 Å². The van der Waals surface area contributed by atoms with E-state index in [9.17, 15) is 0 Å². The van der Waals surface area contributed by atoms with Crippen molar-refractivity contribution in [1.82, 2.24) is 10.2 Å². The molecule has 3 rings (SSSR count). The van der Waals surface area contributed by atoms with E-state index in [1.54, 1.807) is 7.11 Å². The monoisotopic (exact) mass is 342 g/mol. The van der Waals surface area contributed by atoms with Gasteiger partial charge in [-0.2, -0.15) is 0 Å². The zero-order valence-electron chi connectivity index (χ0n) is 13.6. The number of thioether (sulfide) groups is 1. The smallest absolute Gasteiger partial charge is 0.276 e. The number of hydrogen-bond donors (Lipinski definition) is 0. The van der Waals surface area contributed by atoms with Crippen molar-refractivity contribution in [3.63, 3.8) is 0 Å². The lowest BCUT2D eigenvalue weighted by atomic mass is 10.1. The van der Waals surface area contributed by atoms with Gasteiger partial charge in [-0.25, -0.2) is 0 Å². The Morgan fingerprint density at radius 2 is 1.75 bits per heavy atom. The third kappa shape index (κ3) is 4.08. The fourth-order valence-electron chi connectivity index (χ4n) is 2.10. The Labute approximate surface area is 145 Å². The molecule has 6 heteroatoms. The van der Waals surface area contributed by atoms with E-state index in [1.807, 2.05) is 55.5 Å². The highest BCUT2D eigenvalue weighted by atomic mass is 32.2. The topological polar surface area (TPSA) is 57.4 Å². The van der Waals surface area contributed by atoms with Crippen LogP contribution >= 0.6 is 11.8 Å². The van der Waals surface area contributed by atoms with E-state index >= 15 is 0 Å². The molecule has 2 aromatic carbocycles. The number of para-hydroxylation sites is 2. The lowest BCUT2D eigenvalue weighted by molar-refractivity contribution is 0.313. The molecule has 0 atom stereocenters. The number of aryl methyl sites for hydroxylation is 1. The van der Waals surface area contributed by atoms with E-state index < -0.39 is 0 Å². The summed E-state index contributed by atoms with van der Waals surface area (Å²) in [6.07, 6.45) is 0. The Hall–Kier alpha value is -2.47. The van der Waals surface area contributed by atoms with Crippen LogP contribution in [0, 0.1) is 6.92 Å². The first-order valence-corrected chi connectivity index (χ1v) is 8.54. The van der Waals surface area contributed by atoms with Gasteiger partial charge in [-0.05, 0) is 31.2 Å². The maximum Gasteiger partial charge on any atom is 0.276 e. The van der Waals surface area contributed by atoms with Crippen molar-refractivity contribution in [2.24, 2.45) is 0 Å². The normalized spacial score (nSPS) is 10.6. The summed E-state index contributed by atoms with van der Waals surface area (Å²) in [5, 5.41) is 8.68. The first-order chi connectivity index (χ1) is 11.8. The summed E-state index contributed by atoms with van der Waals surface area (Å²) < 4.78 is 16.6. The van der Waals surface area contributed by atoms with Crippen molar-refractivity contribution in [1.29, 1.82) is 0 Å². The molecule has 124 valence electrons. The van der Waals surface area contributed by atoms with Crippen LogP contribution in [0.25, 0.3) is 11.5 Å². The first kappa shape index (κ1) is 16.4. The van der Waals surface area contributed by atoms with Crippen LogP contribution in [-0.4, -0.2) is 29.7 Å². The molecular weight excluding hydrogens is 324 g/mol. The lowest BCUT2D eigenvalue weighted by Gasteiger charge is -2.09. The van der Waals surface area contributed by atoms with Gasteiger partial charge in [0.15, 0.2) is 11.5 Å². The molecule has 3 aromatic rings. The molecular formula is C18H18N2O3S. The molecule has 0 saturated heterocycles. The molecule has 0 aliphatic rings. The van der Waals surface area contributed by atoms with Gasteiger partial charge in [-0.1, -0.05) is 41.6 Å². The average Bonchev–Trinajstić information content (AvgIpc) is 3.08. The fraction of sp³-hybridized carbons (Fsp3) is 0.222. The standard InChI is InChI=1S/C18H18N2O3S/c1-13-7-9-14(10-8-13)17-19-20-18(23-17)24-12-11-22-16-6-4-3-5-15(16)21-2/h3-10H,11-12H2,1-2H3. The van der Waals surface area contributed by atoms with Gasteiger partial charge in [0.25, 0.3) is 5.22 Å². The molecule has 0 aliphatic carbocycles. The van der Waals surface area contributed by atoms with Crippen LogP contribution < -0.4 is 9.47 Å². The first-order valence-electron chi connectivity index (χ1n) is 7.55. The van der Waals surface area contributed by atoms with Crippen molar-refractivity contribution in [2.45, 2.75) is 12.1 Å². The highest BCUT2D eigenvalue weighted by Gasteiger charge is 2.09. The van der Waals surface area contributed by atoms with Gasteiger partial charge in [0.05, 0.1) is 13.7 Å². The second kappa shape index (κ2) is 7.88. The van der Waals surface area contributed by atoms with E-state index in [4.69, 9.17) is 13.9 Å². The van der Waals surface area contributed by atoms with Crippen LogP contribution in [0.4, 0.5) is 0 Å². The summed E-state index contributed by atoms with van der Waals surface area (Å²) in [5.74, 6) is 2.68. The van der Waals surface area contributed by atoms with Gasteiger partial charge in [-0.3, -0.25) is 0 Å². The van der Waals surface area contributed by atoms with Gasteiger partial charge in [0.2, 0.25) is 5.89 Å². The van der Waals surface area contributed by atoms with Crippen LogP contribution in [0.3, 0.4) is 0 Å². The Kier molecular flexibility index (Phi) is 5.38. The van der Waals surface area contributed by atoms with Crippen molar-refractivity contribution in [2.75, 3.05) is 19.5 Å². The Bertz CT molecular complexity index is 787. The van der Waals surface area contributed by atoms with Crippen molar-refractivity contribution >= 4 is 11.8 Å². The maximum atomic E-state index is 5.72.